The standard InChI is InChI=1S/C15H15ClN2O2S/c16-13-6-1-2-7-14(13)21(20)9-8-15(19)18-12-5-3-4-11(17)10-12/h1-7,10H,8-9,17H2,(H,18,19). The Morgan fingerprint density at radius 1 is 1.19 bits per heavy atom. The van der Waals surface area contributed by atoms with Crippen molar-refractivity contribution in [1.29, 1.82) is 0 Å². The molecule has 110 valence electrons. The van der Waals surface area contributed by atoms with E-state index < -0.39 is 10.8 Å². The fourth-order valence-corrected chi connectivity index (χ4v) is 3.27. The summed E-state index contributed by atoms with van der Waals surface area (Å²) in [7, 11) is -1.30. The van der Waals surface area contributed by atoms with Crippen LogP contribution in [0.2, 0.25) is 5.02 Å². The van der Waals surface area contributed by atoms with E-state index in [-0.39, 0.29) is 18.1 Å². The SMILES string of the molecule is Nc1cccc(NC(=O)CCS(=O)c2ccccc2Cl)c1. The van der Waals surface area contributed by atoms with Crippen molar-refractivity contribution in [1.82, 2.24) is 0 Å². The number of rotatable bonds is 5. The minimum absolute atomic E-state index is 0.145. The van der Waals surface area contributed by atoms with Crippen LogP contribution >= 0.6 is 11.6 Å². The Morgan fingerprint density at radius 3 is 2.67 bits per heavy atom. The second-order valence-corrected chi connectivity index (χ2v) is 6.35. The van der Waals surface area contributed by atoms with Crippen molar-refractivity contribution in [2.75, 3.05) is 16.8 Å². The molecule has 4 nitrogen and oxygen atoms in total. The lowest BCUT2D eigenvalue weighted by Crippen LogP contribution is -2.15. The number of carbonyl (C=O) groups excluding carboxylic acids is 1. The Hall–Kier alpha value is -1.85. The number of nitrogens with one attached hydrogen (secondary N) is 1. The van der Waals surface area contributed by atoms with Gasteiger partial charge in [-0.15, -0.1) is 0 Å². The van der Waals surface area contributed by atoms with Gasteiger partial charge in [0, 0.05) is 23.5 Å². The van der Waals surface area contributed by atoms with Crippen LogP contribution < -0.4 is 11.1 Å². The van der Waals surface area contributed by atoms with Crippen LogP contribution in [-0.2, 0) is 15.6 Å². The number of hydrogen-bond donors (Lipinski definition) is 2. The van der Waals surface area contributed by atoms with Crippen molar-refractivity contribution in [3.8, 4) is 0 Å². The predicted octanol–water partition coefficient (Wildman–Crippen LogP) is 3.06. The van der Waals surface area contributed by atoms with E-state index in [1.54, 1.807) is 48.5 Å². The monoisotopic (exact) mass is 322 g/mol. The molecule has 0 bridgehead atoms. The average Bonchev–Trinajstić information content (AvgIpc) is 2.45. The van der Waals surface area contributed by atoms with Gasteiger partial charge in [-0.25, -0.2) is 0 Å². The molecule has 0 saturated carbocycles. The first-order chi connectivity index (χ1) is 10.1. The zero-order valence-corrected chi connectivity index (χ0v) is 12.8. The average molecular weight is 323 g/mol. The van der Waals surface area contributed by atoms with E-state index in [1.165, 1.54) is 0 Å². The summed E-state index contributed by atoms with van der Waals surface area (Å²) in [5, 5.41) is 3.17. The largest absolute Gasteiger partial charge is 0.399 e. The summed E-state index contributed by atoms with van der Waals surface area (Å²) in [4.78, 5) is 12.4. The number of amides is 1. The molecule has 1 unspecified atom stereocenters. The molecule has 3 N–H and O–H groups in total. The summed E-state index contributed by atoms with van der Waals surface area (Å²) in [6, 6.07) is 13.8. The summed E-state index contributed by atoms with van der Waals surface area (Å²) in [6.07, 6.45) is 0.145. The Morgan fingerprint density at radius 2 is 1.95 bits per heavy atom. The molecule has 2 aromatic rings. The fourth-order valence-electron chi connectivity index (χ4n) is 1.76. The topological polar surface area (TPSA) is 72.2 Å². The fraction of sp³-hybridized carbons (Fsp3) is 0.133. The summed E-state index contributed by atoms with van der Waals surface area (Å²) >= 11 is 5.97. The maximum Gasteiger partial charge on any atom is 0.225 e. The molecule has 6 heteroatoms. The van der Waals surface area contributed by atoms with Crippen molar-refractivity contribution in [3.05, 3.63) is 53.6 Å². The van der Waals surface area contributed by atoms with Crippen molar-refractivity contribution in [2.45, 2.75) is 11.3 Å². The van der Waals surface area contributed by atoms with E-state index in [1.807, 2.05) is 0 Å². The van der Waals surface area contributed by atoms with Crippen LogP contribution in [0.3, 0.4) is 0 Å². The van der Waals surface area contributed by atoms with E-state index in [4.69, 9.17) is 17.3 Å². The molecule has 0 radical (unpaired) electrons. The molecule has 0 aliphatic carbocycles. The smallest absolute Gasteiger partial charge is 0.225 e. The van der Waals surface area contributed by atoms with Crippen LogP contribution in [0.5, 0.6) is 0 Å². The highest BCUT2D eigenvalue weighted by Gasteiger charge is 2.10. The van der Waals surface area contributed by atoms with Crippen molar-refractivity contribution < 1.29 is 9.00 Å². The molecule has 0 spiro atoms. The molecular formula is C15H15ClN2O2S. The number of carbonyl (C=O) groups is 1. The summed E-state index contributed by atoms with van der Waals surface area (Å²) < 4.78 is 12.1. The van der Waals surface area contributed by atoms with Gasteiger partial charge in [-0.05, 0) is 30.3 Å². The molecule has 0 fully saturated rings. The molecular weight excluding hydrogens is 308 g/mol. The molecule has 2 rings (SSSR count). The van der Waals surface area contributed by atoms with Gasteiger partial charge in [-0.1, -0.05) is 29.8 Å². The zero-order chi connectivity index (χ0) is 15.2. The van der Waals surface area contributed by atoms with E-state index in [0.717, 1.165) is 0 Å². The number of nitrogens with two attached hydrogens (primary N) is 1. The van der Waals surface area contributed by atoms with Gasteiger partial charge >= 0.3 is 0 Å². The van der Waals surface area contributed by atoms with Crippen molar-refractivity contribution in [2.24, 2.45) is 0 Å². The van der Waals surface area contributed by atoms with Gasteiger partial charge in [-0.3, -0.25) is 9.00 Å². The highest BCUT2D eigenvalue weighted by Crippen LogP contribution is 2.19. The molecule has 2 aromatic carbocycles. The Balaban J connectivity index is 1.90. The quantitative estimate of drug-likeness (QED) is 0.831. The Bertz CT molecular complexity index is 676. The van der Waals surface area contributed by atoms with Gasteiger partial charge in [0.05, 0.1) is 20.7 Å². The van der Waals surface area contributed by atoms with Gasteiger partial charge in [0.2, 0.25) is 5.91 Å². The first-order valence-corrected chi connectivity index (χ1v) is 8.04. The number of anilines is 2. The molecule has 1 amide bonds. The number of halogens is 1. The van der Waals surface area contributed by atoms with Crippen LogP contribution in [0.1, 0.15) is 6.42 Å². The van der Waals surface area contributed by atoms with Gasteiger partial charge < -0.3 is 11.1 Å². The lowest BCUT2D eigenvalue weighted by Gasteiger charge is -2.07. The Labute approximate surface area is 130 Å². The van der Waals surface area contributed by atoms with E-state index in [0.29, 0.717) is 21.3 Å². The van der Waals surface area contributed by atoms with E-state index >= 15 is 0 Å². The van der Waals surface area contributed by atoms with Crippen LogP contribution in [0, 0.1) is 0 Å². The van der Waals surface area contributed by atoms with Crippen LogP contribution in [0.4, 0.5) is 11.4 Å². The third-order valence-electron chi connectivity index (χ3n) is 2.77. The van der Waals surface area contributed by atoms with Crippen molar-refractivity contribution >= 4 is 39.7 Å². The van der Waals surface area contributed by atoms with Gasteiger partial charge in [0.1, 0.15) is 0 Å². The summed E-state index contributed by atoms with van der Waals surface area (Å²) in [6.45, 7) is 0. The molecule has 0 saturated heterocycles. The first-order valence-electron chi connectivity index (χ1n) is 6.34. The minimum atomic E-state index is -1.30. The lowest BCUT2D eigenvalue weighted by molar-refractivity contribution is -0.115. The number of benzene rings is 2. The predicted molar refractivity (Wildman–Crippen MR) is 86.8 cm³/mol. The molecule has 0 heterocycles. The van der Waals surface area contributed by atoms with Gasteiger partial charge in [0.25, 0.3) is 0 Å². The Kier molecular flexibility index (Phi) is 5.36. The van der Waals surface area contributed by atoms with E-state index in [9.17, 15) is 9.00 Å². The maximum atomic E-state index is 12.1. The molecule has 0 aliphatic heterocycles. The summed E-state index contributed by atoms with van der Waals surface area (Å²) in [5.41, 5.74) is 6.84. The zero-order valence-electron chi connectivity index (χ0n) is 11.2. The normalized spacial score (nSPS) is 11.9. The van der Waals surface area contributed by atoms with Gasteiger partial charge in [-0.2, -0.15) is 0 Å². The third kappa shape index (κ3) is 4.58. The van der Waals surface area contributed by atoms with Gasteiger partial charge in [0.15, 0.2) is 0 Å². The maximum absolute atomic E-state index is 12.1. The van der Waals surface area contributed by atoms with E-state index in [2.05, 4.69) is 5.32 Å². The molecule has 21 heavy (non-hydrogen) atoms. The molecule has 1 atom stereocenters. The van der Waals surface area contributed by atoms with Crippen LogP contribution in [0.25, 0.3) is 0 Å². The third-order valence-corrected chi connectivity index (χ3v) is 4.63. The second-order valence-electron chi connectivity index (χ2n) is 4.40. The second kappa shape index (κ2) is 7.24. The lowest BCUT2D eigenvalue weighted by atomic mass is 10.3. The van der Waals surface area contributed by atoms with Crippen LogP contribution in [-0.4, -0.2) is 15.9 Å². The summed E-state index contributed by atoms with van der Waals surface area (Å²) in [5.74, 6) is 0.0127. The highest BCUT2D eigenvalue weighted by atomic mass is 35.5. The molecule has 0 aliphatic rings. The number of hydrogen-bond acceptors (Lipinski definition) is 3. The highest BCUT2D eigenvalue weighted by molar-refractivity contribution is 7.85. The number of nitrogen functional groups attached to an aromatic ring is 1. The minimum Gasteiger partial charge on any atom is -0.399 e. The van der Waals surface area contributed by atoms with Crippen molar-refractivity contribution in [3.63, 3.8) is 0 Å². The molecule has 0 aromatic heterocycles. The first kappa shape index (κ1) is 15.5. The van der Waals surface area contributed by atoms with Crippen LogP contribution in [0.15, 0.2) is 53.4 Å².